The van der Waals surface area contributed by atoms with E-state index in [0.717, 1.165) is 18.9 Å². The quantitative estimate of drug-likeness (QED) is 0.846. The number of carbonyl (C=O) groups is 2. The third-order valence-electron chi connectivity index (χ3n) is 3.35. The van der Waals surface area contributed by atoms with Crippen molar-refractivity contribution in [3.05, 3.63) is 28.8 Å². The molecule has 0 spiro atoms. The molecular formula is C14H17NO5S. The lowest BCUT2D eigenvalue weighted by Crippen LogP contribution is -2.32. The highest BCUT2D eigenvalue weighted by Gasteiger charge is 2.28. The van der Waals surface area contributed by atoms with Crippen molar-refractivity contribution in [2.75, 3.05) is 5.75 Å². The smallest absolute Gasteiger partial charge is 0.335 e. The summed E-state index contributed by atoms with van der Waals surface area (Å²) in [5.74, 6) is -2.40. The Hall–Kier alpha value is -1.89. The second-order valence-electron chi connectivity index (χ2n) is 5.34. The molecule has 1 saturated carbocycles. The number of hydrogen-bond donors (Lipinski definition) is 2. The van der Waals surface area contributed by atoms with Crippen LogP contribution in [0.1, 0.15) is 34.3 Å². The van der Waals surface area contributed by atoms with Gasteiger partial charge in [-0.2, -0.15) is 0 Å². The second kappa shape index (κ2) is 5.48. The zero-order chi connectivity index (χ0) is 15.8. The number of aryl methyl sites for hydroxylation is 2. The van der Waals surface area contributed by atoms with Crippen LogP contribution in [0.3, 0.4) is 0 Å². The summed E-state index contributed by atoms with van der Waals surface area (Å²) in [4.78, 5) is 22.7. The van der Waals surface area contributed by atoms with Gasteiger partial charge in [0.1, 0.15) is 5.75 Å². The van der Waals surface area contributed by atoms with Crippen molar-refractivity contribution in [2.45, 2.75) is 37.6 Å². The molecule has 0 aromatic heterocycles. The molecule has 114 valence electrons. The summed E-state index contributed by atoms with van der Waals surface area (Å²) in [6, 6.07) is 2.73. The molecule has 0 unspecified atom stereocenters. The predicted octanol–water partition coefficient (Wildman–Crippen LogP) is 1.05. The Morgan fingerprint density at radius 2 is 1.86 bits per heavy atom. The molecule has 0 radical (unpaired) electrons. The van der Waals surface area contributed by atoms with E-state index in [1.807, 2.05) is 0 Å². The highest BCUT2D eigenvalue weighted by atomic mass is 32.2. The van der Waals surface area contributed by atoms with E-state index in [1.54, 1.807) is 13.8 Å². The minimum absolute atomic E-state index is 0.0678. The Balaban J connectivity index is 2.32. The molecule has 1 aromatic rings. The molecule has 1 aromatic carbocycles. The van der Waals surface area contributed by atoms with Crippen molar-refractivity contribution in [1.29, 1.82) is 0 Å². The number of rotatable bonds is 5. The number of benzene rings is 1. The first kappa shape index (κ1) is 15.5. The first-order chi connectivity index (χ1) is 9.70. The molecule has 0 saturated heterocycles. The summed E-state index contributed by atoms with van der Waals surface area (Å²) in [6.07, 6.45) is 1.75. The standard InChI is InChI=1S/C14H17NO5S/c1-8-5-9(2)12(6-11(8)14(17)18)21(19,20)7-13(16)15-10-3-4-10/h5-6,10H,3-4,7H2,1-2H3,(H,15,16)(H,17,18). The lowest BCUT2D eigenvalue weighted by Gasteiger charge is -2.11. The third-order valence-corrected chi connectivity index (χ3v) is 5.10. The molecule has 2 N–H and O–H groups in total. The molecular weight excluding hydrogens is 294 g/mol. The van der Waals surface area contributed by atoms with Gasteiger partial charge in [0.25, 0.3) is 0 Å². The van der Waals surface area contributed by atoms with Gasteiger partial charge in [-0.25, -0.2) is 13.2 Å². The van der Waals surface area contributed by atoms with Crippen LogP contribution in [0.5, 0.6) is 0 Å². The molecule has 0 bridgehead atoms. The van der Waals surface area contributed by atoms with E-state index in [-0.39, 0.29) is 16.5 Å². The Morgan fingerprint density at radius 3 is 2.38 bits per heavy atom. The second-order valence-corrected chi connectivity index (χ2v) is 7.30. The lowest BCUT2D eigenvalue weighted by atomic mass is 10.1. The van der Waals surface area contributed by atoms with Gasteiger partial charge in [0.2, 0.25) is 5.91 Å². The van der Waals surface area contributed by atoms with E-state index in [4.69, 9.17) is 5.11 Å². The van der Waals surface area contributed by atoms with Crippen molar-refractivity contribution in [2.24, 2.45) is 0 Å². The fourth-order valence-corrected chi connectivity index (χ4v) is 3.58. The van der Waals surface area contributed by atoms with Gasteiger partial charge in [-0.15, -0.1) is 0 Å². The molecule has 1 fully saturated rings. The monoisotopic (exact) mass is 311 g/mol. The number of carbonyl (C=O) groups excluding carboxylic acids is 1. The first-order valence-corrected chi connectivity index (χ1v) is 8.22. The Kier molecular flexibility index (Phi) is 4.04. The van der Waals surface area contributed by atoms with Gasteiger partial charge >= 0.3 is 5.97 Å². The molecule has 0 atom stereocenters. The van der Waals surface area contributed by atoms with Crippen LogP contribution in [-0.4, -0.2) is 37.2 Å². The van der Waals surface area contributed by atoms with Crippen molar-refractivity contribution in [1.82, 2.24) is 5.32 Å². The third kappa shape index (κ3) is 3.60. The van der Waals surface area contributed by atoms with Crippen LogP contribution in [0.15, 0.2) is 17.0 Å². The SMILES string of the molecule is Cc1cc(C)c(S(=O)(=O)CC(=O)NC2CC2)cc1C(=O)O. The van der Waals surface area contributed by atoms with Crippen LogP contribution in [0, 0.1) is 13.8 Å². The van der Waals surface area contributed by atoms with E-state index in [9.17, 15) is 18.0 Å². The van der Waals surface area contributed by atoms with Crippen LogP contribution < -0.4 is 5.32 Å². The van der Waals surface area contributed by atoms with Crippen molar-refractivity contribution in [3.8, 4) is 0 Å². The molecule has 1 aliphatic carbocycles. The first-order valence-electron chi connectivity index (χ1n) is 6.57. The summed E-state index contributed by atoms with van der Waals surface area (Å²) in [5, 5.41) is 11.7. The van der Waals surface area contributed by atoms with Crippen molar-refractivity contribution < 1.29 is 23.1 Å². The summed E-state index contributed by atoms with van der Waals surface area (Å²) in [6.45, 7) is 3.19. The maximum absolute atomic E-state index is 12.3. The predicted molar refractivity (Wildman–Crippen MR) is 76.1 cm³/mol. The van der Waals surface area contributed by atoms with Crippen LogP contribution in [0.2, 0.25) is 0 Å². The Bertz CT molecular complexity index is 704. The minimum Gasteiger partial charge on any atom is -0.478 e. The number of carboxylic acid groups (broad SMARTS) is 1. The van der Waals surface area contributed by atoms with E-state index >= 15 is 0 Å². The summed E-state index contributed by atoms with van der Waals surface area (Å²) < 4.78 is 24.6. The van der Waals surface area contributed by atoms with Crippen LogP contribution >= 0.6 is 0 Å². The molecule has 21 heavy (non-hydrogen) atoms. The molecule has 0 aliphatic heterocycles. The van der Waals surface area contributed by atoms with E-state index in [2.05, 4.69) is 5.32 Å². The number of aromatic carboxylic acids is 1. The van der Waals surface area contributed by atoms with Crippen molar-refractivity contribution in [3.63, 3.8) is 0 Å². The van der Waals surface area contributed by atoms with Crippen molar-refractivity contribution >= 4 is 21.7 Å². The fraction of sp³-hybridized carbons (Fsp3) is 0.429. The molecule has 1 aliphatic rings. The summed E-state index contributed by atoms with van der Waals surface area (Å²) in [5.41, 5.74) is 0.861. The molecule has 2 rings (SSSR count). The summed E-state index contributed by atoms with van der Waals surface area (Å²) in [7, 11) is -3.86. The number of sulfone groups is 1. The van der Waals surface area contributed by atoms with Crippen LogP contribution in [0.4, 0.5) is 0 Å². The topological polar surface area (TPSA) is 101 Å². The van der Waals surface area contributed by atoms with E-state index in [0.29, 0.717) is 11.1 Å². The fourth-order valence-electron chi connectivity index (χ4n) is 2.15. The van der Waals surface area contributed by atoms with Gasteiger partial charge in [0.15, 0.2) is 9.84 Å². The van der Waals surface area contributed by atoms with Gasteiger partial charge < -0.3 is 10.4 Å². The summed E-state index contributed by atoms with van der Waals surface area (Å²) >= 11 is 0. The maximum Gasteiger partial charge on any atom is 0.335 e. The lowest BCUT2D eigenvalue weighted by molar-refractivity contribution is -0.118. The van der Waals surface area contributed by atoms with E-state index in [1.165, 1.54) is 6.07 Å². The molecule has 6 nitrogen and oxygen atoms in total. The normalized spacial score (nSPS) is 14.8. The highest BCUT2D eigenvalue weighted by molar-refractivity contribution is 7.92. The van der Waals surface area contributed by atoms with Gasteiger partial charge in [0, 0.05) is 6.04 Å². The highest BCUT2D eigenvalue weighted by Crippen LogP contribution is 2.23. The maximum atomic E-state index is 12.3. The van der Waals surface area contributed by atoms with Crippen LogP contribution in [-0.2, 0) is 14.6 Å². The molecule has 7 heteroatoms. The zero-order valence-electron chi connectivity index (χ0n) is 11.8. The minimum atomic E-state index is -3.86. The van der Waals surface area contributed by atoms with Gasteiger partial charge in [-0.05, 0) is 43.9 Å². The van der Waals surface area contributed by atoms with Gasteiger partial charge in [-0.1, -0.05) is 6.07 Å². The number of nitrogens with one attached hydrogen (secondary N) is 1. The molecule has 1 amide bonds. The van der Waals surface area contributed by atoms with Gasteiger partial charge in [-0.3, -0.25) is 4.79 Å². The molecule has 0 heterocycles. The number of carboxylic acids is 1. The Morgan fingerprint density at radius 1 is 1.24 bits per heavy atom. The van der Waals surface area contributed by atoms with E-state index < -0.39 is 27.5 Å². The zero-order valence-corrected chi connectivity index (χ0v) is 12.7. The number of amides is 1. The number of hydrogen-bond acceptors (Lipinski definition) is 4. The Labute approximate surface area is 123 Å². The van der Waals surface area contributed by atoms with Gasteiger partial charge in [0.05, 0.1) is 10.5 Å². The average Bonchev–Trinajstić information content (AvgIpc) is 3.10. The van der Waals surface area contributed by atoms with Crippen LogP contribution in [0.25, 0.3) is 0 Å². The largest absolute Gasteiger partial charge is 0.478 e. The average molecular weight is 311 g/mol.